The summed E-state index contributed by atoms with van der Waals surface area (Å²) < 4.78 is 10.3. The van der Waals surface area contributed by atoms with Crippen molar-refractivity contribution in [1.29, 1.82) is 0 Å². The van der Waals surface area contributed by atoms with E-state index in [-0.39, 0.29) is 5.91 Å². The summed E-state index contributed by atoms with van der Waals surface area (Å²) in [5.41, 5.74) is 2.28. The van der Waals surface area contributed by atoms with Crippen LogP contribution in [0.1, 0.15) is 25.8 Å². The monoisotopic (exact) mass is 469 g/mol. The first-order valence-electron chi connectivity index (χ1n) is 10.2. The first-order valence-corrected chi connectivity index (χ1v) is 11.4. The molecule has 0 saturated carbocycles. The molecule has 1 aliphatic heterocycles. The lowest BCUT2D eigenvalue weighted by Gasteiger charge is -2.35. The van der Waals surface area contributed by atoms with Crippen LogP contribution in [0.4, 0.5) is 5.00 Å². The van der Waals surface area contributed by atoms with Gasteiger partial charge in [-0.3, -0.25) is 4.79 Å². The van der Waals surface area contributed by atoms with Crippen molar-refractivity contribution in [1.82, 2.24) is 9.80 Å². The zero-order valence-corrected chi connectivity index (χ0v) is 19.4. The van der Waals surface area contributed by atoms with Gasteiger partial charge in [0.1, 0.15) is 10.6 Å². The predicted molar refractivity (Wildman–Crippen MR) is 128 cm³/mol. The first-order chi connectivity index (χ1) is 15.5. The second-order valence-electron chi connectivity index (χ2n) is 7.28. The van der Waals surface area contributed by atoms with Gasteiger partial charge in [0.2, 0.25) is 0 Å². The van der Waals surface area contributed by atoms with Crippen LogP contribution >= 0.6 is 23.6 Å². The molecule has 3 aromatic rings. The number of anilines is 1. The molecule has 0 unspecified atom stereocenters. The van der Waals surface area contributed by atoms with Crippen molar-refractivity contribution in [3.05, 3.63) is 64.9 Å². The maximum Gasteiger partial charge on any atom is 0.341 e. The minimum atomic E-state index is -0.410. The number of methoxy groups -OCH3 is 1. The molecule has 0 radical (unpaired) electrons. The highest BCUT2D eigenvalue weighted by atomic mass is 32.1. The van der Waals surface area contributed by atoms with E-state index in [9.17, 15) is 9.59 Å². The third-order valence-corrected chi connectivity index (χ3v) is 6.72. The fraction of sp³-hybridized carbons (Fsp3) is 0.261. The molecule has 4 rings (SSSR count). The van der Waals surface area contributed by atoms with Gasteiger partial charge in [0, 0.05) is 36.6 Å². The lowest BCUT2D eigenvalue weighted by atomic mass is 10.0. The fourth-order valence-corrected chi connectivity index (χ4v) is 5.14. The number of nitrogens with one attached hydrogen (secondary N) is 1. The molecule has 0 aliphatic carbocycles. The van der Waals surface area contributed by atoms with E-state index in [0.717, 1.165) is 16.0 Å². The highest BCUT2D eigenvalue weighted by molar-refractivity contribution is 7.80. The number of rotatable bonds is 4. The molecule has 3 heterocycles. The Morgan fingerprint density at radius 3 is 2.38 bits per heavy atom. The van der Waals surface area contributed by atoms with Crippen LogP contribution in [0.5, 0.6) is 0 Å². The van der Waals surface area contributed by atoms with Crippen molar-refractivity contribution in [2.75, 3.05) is 38.6 Å². The van der Waals surface area contributed by atoms with Gasteiger partial charge in [0.05, 0.1) is 13.4 Å². The number of piperazine rings is 1. The minimum Gasteiger partial charge on any atom is -0.465 e. The molecule has 1 N–H and O–H groups in total. The number of thiophene rings is 1. The smallest absolute Gasteiger partial charge is 0.341 e. The van der Waals surface area contributed by atoms with E-state index >= 15 is 0 Å². The van der Waals surface area contributed by atoms with Crippen molar-refractivity contribution >= 4 is 45.5 Å². The molecule has 1 saturated heterocycles. The topological polar surface area (TPSA) is 75.0 Å². The summed E-state index contributed by atoms with van der Waals surface area (Å²) in [5.74, 6) is -0.195. The van der Waals surface area contributed by atoms with Gasteiger partial charge in [-0.1, -0.05) is 30.3 Å². The van der Waals surface area contributed by atoms with Gasteiger partial charge < -0.3 is 24.3 Å². The Hall–Kier alpha value is -3.17. The average Bonchev–Trinajstić information content (AvgIpc) is 3.47. The molecule has 0 bridgehead atoms. The van der Waals surface area contributed by atoms with Gasteiger partial charge in [-0.15, -0.1) is 11.3 Å². The van der Waals surface area contributed by atoms with Crippen LogP contribution in [0.25, 0.3) is 11.1 Å². The molecule has 1 aromatic carbocycles. The molecule has 1 fully saturated rings. The number of aryl methyl sites for hydroxylation is 1. The normalized spacial score (nSPS) is 13.7. The number of ether oxygens (including phenoxy) is 1. The maximum absolute atomic E-state index is 12.7. The molecule has 1 amide bonds. The number of nitrogens with zero attached hydrogens (tertiary/aromatic N) is 2. The summed E-state index contributed by atoms with van der Waals surface area (Å²) in [4.78, 5) is 29.9. The molecule has 9 heteroatoms. The third kappa shape index (κ3) is 4.39. The van der Waals surface area contributed by atoms with Crippen LogP contribution in [0.2, 0.25) is 0 Å². The molecule has 1 aliphatic rings. The van der Waals surface area contributed by atoms with Crippen molar-refractivity contribution < 1.29 is 18.7 Å². The molecular formula is C23H23N3O4S2. The van der Waals surface area contributed by atoms with Crippen LogP contribution in [0.3, 0.4) is 0 Å². The lowest BCUT2D eigenvalue weighted by Crippen LogP contribution is -2.51. The highest BCUT2D eigenvalue weighted by Gasteiger charge is 2.28. The van der Waals surface area contributed by atoms with Crippen LogP contribution in [0, 0.1) is 6.92 Å². The number of hydrogen-bond donors (Lipinski definition) is 1. The Kier molecular flexibility index (Phi) is 6.57. The minimum absolute atomic E-state index is 0.122. The Labute approximate surface area is 195 Å². The quantitative estimate of drug-likeness (QED) is 0.452. The summed E-state index contributed by atoms with van der Waals surface area (Å²) in [5, 5.41) is 4.43. The van der Waals surface area contributed by atoms with Crippen LogP contribution in [0.15, 0.2) is 53.1 Å². The predicted octanol–water partition coefficient (Wildman–Crippen LogP) is 4.26. The van der Waals surface area contributed by atoms with Crippen molar-refractivity contribution in [2.45, 2.75) is 6.92 Å². The van der Waals surface area contributed by atoms with E-state index in [1.807, 2.05) is 42.2 Å². The zero-order chi connectivity index (χ0) is 22.7. The van der Waals surface area contributed by atoms with Crippen molar-refractivity contribution in [3.8, 4) is 11.1 Å². The highest BCUT2D eigenvalue weighted by Crippen LogP contribution is 2.40. The van der Waals surface area contributed by atoms with Crippen molar-refractivity contribution in [3.63, 3.8) is 0 Å². The Morgan fingerprint density at radius 1 is 1.06 bits per heavy atom. The van der Waals surface area contributed by atoms with E-state index in [0.29, 0.717) is 47.6 Å². The molecule has 166 valence electrons. The number of hydrogen-bond acceptors (Lipinski definition) is 6. The van der Waals surface area contributed by atoms with Crippen LogP contribution in [-0.4, -0.2) is 60.1 Å². The maximum atomic E-state index is 12.7. The van der Waals surface area contributed by atoms with Gasteiger partial charge in [0.25, 0.3) is 5.91 Å². The summed E-state index contributed by atoms with van der Waals surface area (Å²) >= 11 is 7.11. The van der Waals surface area contributed by atoms with Gasteiger partial charge in [-0.2, -0.15) is 0 Å². The summed E-state index contributed by atoms with van der Waals surface area (Å²) in [6.45, 7) is 4.21. The first kappa shape index (κ1) is 22.0. The number of amides is 1. The third-order valence-electron chi connectivity index (χ3n) is 5.34. The largest absolute Gasteiger partial charge is 0.465 e. The van der Waals surface area contributed by atoms with E-state index in [1.165, 1.54) is 24.7 Å². The Morgan fingerprint density at radius 2 is 1.75 bits per heavy atom. The van der Waals surface area contributed by atoms with E-state index < -0.39 is 5.97 Å². The van der Waals surface area contributed by atoms with Crippen LogP contribution in [-0.2, 0) is 4.74 Å². The molecule has 32 heavy (non-hydrogen) atoms. The zero-order valence-electron chi connectivity index (χ0n) is 17.8. The summed E-state index contributed by atoms with van der Waals surface area (Å²) in [6, 6.07) is 13.1. The van der Waals surface area contributed by atoms with Crippen molar-refractivity contribution in [2.24, 2.45) is 0 Å². The molecule has 2 aromatic heterocycles. The standard InChI is InChI=1S/C23H23N3O4S2/c1-15-18(16-7-4-3-5-8-16)19(22(28)29-2)20(32-15)24-23(31)26-12-10-25(11-13-26)21(27)17-9-6-14-30-17/h3-9,14H,10-13H2,1-2H3,(H,24,31). The molecule has 0 spiro atoms. The lowest BCUT2D eigenvalue weighted by molar-refractivity contribution is 0.0602. The molecular weight excluding hydrogens is 446 g/mol. The van der Waals surface area contributed by atoms with Gasteiger partial charge in [-0.25, -0.2) is 4.79 Å². The number of carbonyl (C=O) groups excluding carboxylic acids is 2. The summed E-state index contributed by atoms with van der Waals surface area (Å²) in [7, 11) is 1.38. The number of esters is 1. The second kappa shape index (κ2) is 9.54. The Bertz CT molecular complexity index is 1120. The van der Waals surface area contributed by atoms with Gasteiger partial charge >= 0.3 is 5.97 Å². The fourth-order valence-electron chi connectivity index (χ4n) is 3.73. The number of thiocarbonyl (C=S) groups is 1. The SMILES string of the molecule is COC(=O)c1c(NC(=S)N2CCN(C(=O)c3ccco3)CC2)sc(C)c1-c1ccccc1. The van der Waals surface area contributed by atoms with Gasteiger partial charge in [0.15, 0.2) is 10.9 Å². The van der Waals surface area contributed by atoms with Gasteiger partial charge in [-0.05, 0) is 36.8 Å². The number of carbonyl (C=O) groups is 2. The molecule has 7 nitrogen and oxygen atoms in total. The van der Waals surface area contributed by atoms with Crippen LogP contribution < -0.4 is 5.32 Å². The second-order valence-corrected chi connectivity index (χ2v) is 8.89. The Balaban J connectivity index is 1.49. The number of benzene rings is 1. The summed E-state index contributed by atoms with van der Waals surface area (Å²) in [6.07, 6.45) is 1.49. The van der Waals surface area contributed by atoms with E-state index in [2.05, 4.69) is 5.32 Å². The van der Waals surface area contributed by atoms with E-state index in [4.69, 9.17) is 21.4 Å². The number of furan rings is 1. The average molecular weight is 470 g/mol. The van der Waals surface area contributed by atoms with E-state index in [1.54, 1.807) is 17.0 Å². The molecule has 0 atom stereocenters.